The molecule has 1 spiro atoms. The first-order valence-electron chi connectivity index (χ1n) is 9.16. The molecule has 7 heteroatoms. The van der Waals surface area contributed by atoms with Gasteiger partial charge in [0.25, 0.3) is 0 Å². The maximum Gasteiger partial charge on any atom is 0.335 e. The molecule has 28 heavy (non-hydrogen) atoms. The van der Waals surface area contributed by atoms with E-state index in [-0.39, 0.29) is 17.6 Å². The molecule has 1 fully saturated rings. The van der Waals surface area contributed by atoms with Crippen LogP contribution in [0.1, 0.15) is 52.9 Å². The highest BCUT2D eigenvalue weighted by molar-refractivity contribution is 6.07. The number of nitrogens with zero attached hydrogens (tertiary/aromatic N) is 2. The summed E-state index contributed by atoms with van der Waals surface area (Å²) < 4.78 is 5.99. The summed E-state index contributed by atoms with van der Waals surface area (Å²) in [5.74, 6) is -0.772. The lowest BCUT2D eigenvalue weighted by Gasteiger charge is -2.35. The number of hydrogen-bond acceptors (Lipinski definition) is 5. The van der Waals surface area contributed by atoms with Gasteiger partial charge in [0, 0.05) is 11.4 Å². The number of pyridine rings is 1. The number of fused-ring (bicyclic) bond motifs is 2. The van der Waals surface area contributed by atoms with E-state index in [1.807, 2.05) is 6.92 Å². The molecule has 1 aromatic carbocycles. The lowest BCUT2D eigenvalue weighted by Crippen LogP contribution is -2.41. The zero-order valence-corrected chi connectivity index (χ0v) is 15.4. The van der Waals surface area contributed by atoms with Gasteiger partial charge in [-0.05, 0) is 68.5 Å². The van der Waals surface area contributed by atoms with E-state index in [1.165, 1.54) is 6.07 Å². The molecule has 2 aromatic rings. The zero-order chi connectivity index (χ0) is 19.9. The minimum atomic E-state index is -1.01. The Kier molecular flexibility index (Phi) is 4.27. The molecule has 4 rings (SSSR count). The van der Waals surface area contributed by atoms with Gasteiger partial charge in [0.1, 0.15) is 17.7 Å². The number of carboxylic acids is 1. The SMILES string of the molecule is Cc1ccc(C#N)c(O[C@H]2CC[C@]3(CC2)C(=O)Nc2ccc(C(=O)O)cc23)n1. The van der Waals surface area contributed by atoms with Crippen LogP contribution in [0.15, 0.2) is 30.3 Å². The number of aryl methyl sites for hydroxylation is 1. The number of hydrogen-bond donors (Lipinski definition) is 2. The van der Waals surface area contributed by atoms with Crippen molar-refractivity contribution in [3.63, 3.8) is 0 Å². The molecule has 0 atom stereocenters. The van der Waals surface area contributed by atoms with Crippen molar-refractivity contribution in [2.45, 2.75) is 44.1 Å². The average Bonchev–Trinajstić information content (AvgIpc) is 2.95. The summed E-state index contributed by atoms with van der Waals surface area (Å²) in [5.41, 5.74) is 2.05. The molecule has 2 aliphatic rings. The van der Waals surface area contributed by atoms with Crippen molar-refractivity contribution in [3.05, 3.63) is 52.7 Å². The van der Waals surface area contributed by atoms with Gasteiger partial charge in [0.05, 0.1) is 11.0 Å². The molecule has 142 valence electrons. The second kappa shape index (κ2) is 6.64. The third-order valence-electron chi connectivity index (χ3n) is 5.65. The van der Waals surface area contributed by atoms with E-state index in [9.17, 15) is 20.0 Å². The Hall–Kier alpha value is -3.40. The summed E-state index contributed by atoms with van der Waals surface area (Å²) in [5, 5.41) is 21.4. The quantitative estimate of drug-likeness (QED) is 0.850. The summed E-state index contributed by atoms with van der Waals surface area (Å²) >= 11 is 0. The van der Waals surface area contributed by atoms with Crippen LogP contribution in [0.3, 0.4) is 0 Å². The molecule has 1 aliphatic carbocycles. The zero-order valence-electron chi connectivity index (χ0n) is 15.4. The highest BCUT2D eigenvalue weighted by atomic mass is 16.5. The maximum absolute atomic E-state index is 12.7. The first kappa shape index (κ1) is 18.0. The van der Waals surface area contributed by atoms with Crippen LogP contribution in [-0.2, 0) is 10.2 Å². The number of ether oxygens (including phenoxy) is 1. The molecule has 7 nitrogen and oxygen atoms in total. The van der Waals surface area contributed by atoms with Crippen LogP contribution >= 0.6 is 0 Å². The number of benzene rings is 1. The van der Waals surface area contributed by atoms with Crippen LogP contribution in [0, 0.1) is 18.3 Å². The lowest BCUT2D eigenvalue weighted by molar-refractivity contribution is -0.122. The molecule has 1 saturated carbocycles. The molecular formula is C21H19N3O4. The van der Waals surface area contributed by atoms with Crippen LogP contribution in [0.5, 0.6) is 5.88 Å². The minimum absolute atomic E-state index is 0.0881. The van der Waals surface area contributed by atoms with Crippen molar-refractivity contribution in [2.75, 3.05) is 5.32 Å². The van der Waals surface area contributed by atoms with E-state index >= 15 is 0 Å². The third kappa shape index (κ3) is 2.87. The summed E-state index contributed by atoms with van der Waals surface area (Å²) in [7, 11) is 0. The van der Waals surface area contributed by atoms with Crippen molar-refractivity contribution in [2.24, 2.45) is 0 Å². The predicted molar refractivity (Wildman–Crippen MR) is 100 cm³/mol. The molecule has 2 N–H and O–H groups in total. The largest absolute Gasteiger partial charge is 0.478 e. The summed E-state index contributed by atoms with van der Waals surface area (Å²) in [4.78, 5) is 28.4. The molecule has 1 amide bonds. The Morgan fingerprint density at radius 2 is 2.07 bits per heavy atom. The number of amides is 1. The fraction of sp³-hybridized carbons (Fsp3) is 0.333. The Morgan fingerprint density at radius 1 is 1.32 bits per heavy atom. The molecule has 1 aromatic heterocycles. The molecule has 2 heterocycles. The number of anilines is 1. The minimum Gasteiger partial charge on any atom is -0.478 e. The normalized spacial score (nSPS) is 23.0. The third-order valence-corrected chi connectivity index (χ3v) is 5.65. The fourth-order valence-electron chi connectivity index (χ4n) is 4.11. The van der Waals surface area contributed by atoms with Gasteiger partial charge in [0.15, 0.2) is 0 Å². The van der Waals surface area contributed by atoms with Crippen molar-refractivity contribution in [3.8, 4) is 11.9 Å². The van der Waals surface area contributed by atoms with Crippen molar-refractivity contribution in [1.82, 2.24) is 4.98 Å². The number of carbonyl (C=O) groups excluding carboxylic acids is 1. The van der Waals surface area contributed by atoms with E-state index in [0.29, 0.717) is 42.8 Å². The van der Waals surface area contributed by atoms with E-state index in [2.05, 4.69) is 16.4 Å². The first-order chi connectivity index (χ1) is 13.4. The van der Waals surface area contributed by atoms with Crippen LogP contribution in [0.2, 0.25) is 0 Å². The van der Waals surface area contributed by atoms with Gasteiger partial charge in [-0.15, -0.1) is 0 Å². The van der Waals surface area contributed by atoms with Crippen molar-refractivity contribution >= 4 is 17.6 Å². The Bertz CT molecular complexity index is 1020. The molecule has 0 bridgehead atoms. The van der Waals surface area contributed by atoms with E-state index in [4.69, 9.17) is 4.74 Å². The smallest absolute Gasteiger partial charge is 0.335 e. The van der Waals surface area contributed by atoms with Gasteiger partial charge in [0.2, 0.25) is 11.8 Å². The van der Waals surface area contributed by atoms with Crippen LogP contribution < -0.4 is 10.1 Å². The number of nitrogens with one attached hydrogen (secondary N) is 1. The number of rotatable bonds is 3. The first-order valence-corrected chi connectivity index (χ1v) is 9.16. The van der Waals surface area contributed by atoms with Gasteiger partial charge in [-0.1, -0.05) is 0 Å². The van der Waals surface area contributed by atoms with Gasteiger partial charge >= 0.3 is 5.97 Å². The lowest BCUT2D eigenvalue weighted by atomic mass is 9.69. The van der Waals surface area contributed by atoms with Gasteiger partial charge < -0.3 is 15.2 Å². The molecule has 0 unspecified atom stereocenters. The highest BCUT2D eigenvalue weighted by Crippen LogP contribution is 2.48. The van der Waals surface area contributed by atoms with Gasteiger partial charge in [-0.2, -0.15) is 5.26 Å². The predicted octanol–water partition coefficient (Wildman–Crippen LogP) is 3.17. The monoisotopic (exact) mass is 377 g/mol. The second-order valence-electron chi connectivity index (χ2n) is 7.34. The molecule has 1 aliphatic heterocycles. The van der Waals surface area contributed by atoms with Crippen LogP contribution in [0.25, 0.3) is 0 Å². The molecule has 0 radical (unpaired) electrons. The standard InChI is InChI=1S/C21H19N3O4/c1-12-2-3-14(11-22)18(23-12)28-15-6-8-21(9-7-15)16-10-13(19(25)26)4-5-17(16)24-20(21)27/h2-5,10,15H,6-9H2,1H3,(H,24,27)(H,25,26)/t15-,21+. The van der Waals surface area contributed by atoms with E-state index in [0.717, 1.165) is 11.3 Å². The summed E-state index contributed by atoms with van der Waals surface area (Å²) in [6.07, 6.45) is 2.18. The fourth-order valence-corrected chi connectivity index (χ4v) is 4.11. The van der Waals surface area contributed by atoms with E-state index < -0.39 is 11.4 Å². The van der Waals surface area contributed by atoms with Gasteiger partial charge in [-0.25, -0.2) is 9.78 Å². The topological polar surface area (TPSA) is 112 Å². The van der Waals surface area contributed by atoms with Crippen molar-refractivity contribution in [1.29, 1.82) is 5.26 Å². The number of aromatic nitrogens is 1. The Labute approximate surface area is 162 Å². The Morgan fingerprint density at radius 3 is 2.75 bits per heavy atom. The molecule has 0 saturated heterocycles. The number of aromatic carboxylic acids is 1. The van der Waals surface area contributed by atoms with Crippen molar-refractivity contribution < 1.29 is 19.4 Å². The highest BCUT2D eigenvalue weighted by Gasteiger charge is 2.49. The van der Waals surface area contributed by atoms with Gasteiger partial charge in [-0.3, -0.25) is 4.79 Å². The summed E-state index contributed by atoms with van der Waals surface area (Å²) in [6.45, 7) is 1.84. The number of carbonyl (C=O) groups is 2. The van der Waals surface area contributed by atoms with Crippen LogP contribution in [0.4, 0.5) is 5.69 Å². The number of nitriles is 1. The average molecular weight is 377 g/mol. The maximum atomic E-state index is 12.7. The summed E-state index contributed by atoms with van der Waals surface area (Å²) in [6, 6.07) is 10.3. The van der Waals surface area contributed by atoms with E-state index in [1.54, 1.807) is 24.3 Å². The number of carboxylic acid groups (broad SMARTS) is 1. The van der Waals surface area contributed by atoms with Crippen LogP contribution in [-0.4, -0.2) is 28.1 Å². The second-order valence-corrected chi connectivity index (χ2v) is 7.34. The Balaban J connectivity index is 1.56. The molecular weight excluding hydrogens is 358 g/mol.